The molecule has 0 aliphatic rings. The third-order valence-electron chi connectivity index (χ3n) is 5.24. The molecule has 3 aromatic carbocycles. The molecule has 0 fully saturated rings. The number of hydrogen-bond acceptors (Lipinski definition) is 0. The quantitative estimate of drug-likeness (QED) is 0.171. The van der Waals surface area contributed by atoms with Gasteiger partial charge >= 0.3 is 12.1 Å². The standard InChI is InChI=1S/C24H23F5P.HI/c25-23(26,24(27,28)29)18-10-11-19-30(20-12-4-1-5-13-20,21-14-6-2-7-15-21)22-16-8-3-9-17-22;/h1-9,12-17H,10-11,18-19H2;1H/q+1;/p-1. The Hall–Kier alpha value is -1.53. The highest BCUT2D eigenvalue weighted by Gasteiger charge is 2.56. The smallest absolute Gasteiger partial charge is 0.453 e. The molecule has 0 unspecified atom stereocenters. The van der Waals surface area contributed by atoms with E-state index in [1.807, 2.05) is 91.0 Å². The zero-order valence-corrected chi connectivity index (χ0v) is 19.8. The van der Waals surface area contributed by atoms with Gasteiger partial charge in [-0.2, -0.15) is 22.0 Å². The Morgan fingerprint density at radius 2 is 0.903 bits per heavy atom. The fraction of sp³-hybridized carbons (Fsp3) is 0.250. The van der Waals surface area contributed by atoms with E-state index < -0.39 is 25.8 Å². The van der Waals surface area contributed by atoms with Crippen molar-refractivity contribution in [2.24, 2.45) is 0 Å². The minimum absolute atomic E-state index is 0. The highest BCUT2D eigenvalue weighted by atomic mass is 127. The summed E-state index contributed by atoms with van der Waals surface area (Å²) in [6.07, 6.45) is -6.08. The van der Waals surface area contributed by atoms with Crippen molar-refractivity contribution in [2.45, 2.75) is 31.4 Å². The number of rotatable bonds is 8. The number of benzene rings is 3. The van der Waals surface area contributed by atoms with Crippen LogP contribution in [0.3, 0.4) is 0 Å². The Kier molecular flexibility index (Phi) is 9.02. The SMILES string of the molecule is FC(F)(F)C(F)(F)CCCC[P+](c1ccccc1)(c1ccccc1)c1ccccc1.[I-]. The Morgan fingerprint density at radius 3 is 1.23 bits per heavy atom. The van der Waals surface area contributed by atoms with E-state index >= 15 is 0 Å². The molecule has 7 heteroatoms. The second-order valence-corrected chi connectivity index (χ2v) is 10.8. The number of hydrogen-bond donors (Lipinski definition) is 0. The van der Waals surface area contributed by atoms with Crippen LogP contribution in [0, 0.1) is 0 Å². The van der Waals surface area contributed by atoms with Crippen LogP contribution < -0.4 is 39.9 Å². The van der Waals surface area contributed by atoms with E-state index in [2.05, 4.69) is 0 Å². The van der Waals surface area contributed by atoms with Gasteiger partial charge in [-0.1, -0.05) is 54.6 Å². The minimum Gasteiger partial charge on any atom is -1.00 e. The third kappa shape index (κ3) is 5.83. The largest absolute Gasteiger partial charge is 1.00 e. The van der Waals surface area contributed by atoms with Gasteiger partial charge in [-0.15, -0.1) is 0 Å². The lowest BCUT2D eigenvalue weighted by atomic mass is 10.1. The van der Waals surface area contributed by atoms with Crippen molar-refractivity contribution in [3.63, 3.8) is 0 Å². The average Bonchev–Trinajstić information content (AvgIpc) is 2.75. The van der Waals surface area contributed by atoms with Crippen molar-refractivity contribution in [3.8, 4) is 0 Å². The van der Waals surface area contributed by atoms with Crippen molar-refractivity contribution < 1.29 is 45.9 Å². The zero-order valence-electron chi connectivity index (χ0n) is 16.7. The lowest BCUT2D eigenvalue weighted by molar-refractivity contribution is -0.284. The summed E-state index contributed by atoms with van der Waals surface area (Å²) in [6.45, 7) is 0. The highest BCUT2D eigenvalue weighted by molar-refractivity contribution is 7.95. The molecule has 0 nitrogen and oxygen atoms in total. The molecule has 0 spiro atoms. The minimum atomic E-state index is -5.50. The van der Waals surface area contributed by atoms with Crippen LogP contribution in [0.1, 0.15) is 19.3 Å². The van der Waals surface area contributed by atoms with E-state index in [1.165, 1.54) is 0 Å². The highest BCUT2D eigenvalue weighted by Crippen LogP contribution is 2.56. The van der Waals surface area contributed by atoms with Gasteiger partial charge in [0.05, 0.1) is 6.16 Å². The lowest BCUT2D eigenvalue weighted by Crippen LogP contribution is -3.00. The van der Waals surface area contributed by atoms with Gasteiger partial charge in [0.2, 0.25) is 0 Å². The van der Waals surface area contributed by atoms with Gasteiger partial charge in [-0.05, 0) is 49.2 Å². The molecule has 3 rings (SSSR count). The Bertz CT molecular complexity index is 818. The van der Waals surface area contributed by atoms with Crippen molar-refractivity contribution in [2.75, 3.05) is 6.16 Å². The van der Waals surface area contributed by atoms with Crippen molar-refractivity contribution in [1.29, 1.82) is 0 Å². The molecule has 166 valence electrons. The summed E-state index contributed by atoms with van der Waals surface area (Å²) in [7, 11) is -2.20. The molecule has 0 aliphatic heterocycles. The molecule has 0 radical (unpaired) electrons. The monoisotopic (exact) mass is 564 g/mol. The molecular formula is C24H23F5IP. The van der Waals surface area contributed by atoms with Crippen LogP contribution in [0.2, 0.25) is 0 Å². The molecule has 0 N–H and O–H groups in total. The molecule has 31 heavy (non-hydrogen) atoms. The molecule has 3 aromatic rings. The lowest BCUT2D eigenvalue weighted by Gasteiger charge is -2.28. The second-order valence-electron chi connectivity index (χ2n) is 7.20. The maximum atomic E-state index is 13.4. The second kappa shape index (κ2) is 10.9. The predicted molar refractivity (Wildman–Crippen MR) is 115 cm³/mol. The van der Waals surface area contributed by atoms with Gasteiger partial charge in [0.15, 0.2) is 0 Å². The van der Waals surface area contributed by atoms with Crippen molar-refractivity contribution >= 4 is 23.2 Å². The molecule has 0 bridgehead atoms. The molecule has 0 aliphatic carbocycles. The van der Waals surface area contributed by atoms with Crippen LogP contribution >= 0.6 is 7.26 Å². The molecule has 0 atom stereocenters. The fourth-order valence-corrected chi connectivity index (χ4v) is 8.13. The molecular weight excluding hydrogens is 541 g/mol. The topological polar surface area (TPSA) is 0 Å². The summed E-state index contributed by atoms with van der Waals surface area (Å²) in [5, 5.41) is 3.26. The molecule has 0 saturated carbocycles. The predicted octanol–water partition coefficient (Wildman–Crippen LogP) is 3.35. The molecule has 0 aromatic heterocycles. The first-order chi connectivity index (χ1) is 14.3. The third-order valence-corrected chi connectivity index (χ3v) is 9.77. The van der Waals surface area contributed by atoms with E-state index in [9.17, 15) is 22.0 Å². The van der Waals surface area contributed by atoms with E-state index in [1.54, 1.807) is 0 Å². The van der Waals surface area contributed by atoms with Crippen molar-refractivity contribution in [3.05, 3.63) is 91.0 Å². The van der Waals surface area contributed by atoms with E-state index in [0.717, 1.165) is 15.9 Å². The summed E-state index contributed by atoms with van der Waals surface area (Å²) in [6, 6.07) is 29.5. The maximum absolute atomic E-state index is 13.4. The number of alkyl halides is 5. The fourth-order valence-electron chi connectivity index (χ4n) is 3.72. The van der Waals surface area contributed by atoms with Crippen LogP contribution in [-0.2, 0) is 0 Å². The summed E-state index contributed by atoms with van der Waals surface area (Å²) >= 11 is 0. The van der Waals surface area contributed by atoms with Gasteiger partial charge in [-0.25, -0.2) is 0 Å². The average molecular weight is 564 g/mol. The maximum Gasteiger partial charge on any atom is 0.453 e. The van der Waals surface area contributed by atoms with Crippen molar-refractivity contribution in [1.82, 2.24) is 0 Å². The molecule has 0 saturated heterocycles. The number of halogens is 6. The van der Waals surface area contributed by atoms with Gasteiger partial charge in [0.25, 0.3) is 0 Å². The van der Waals surface area contributed by atoms with Gasteiger partial charge in [0.1, 0.15) is 23.2 Å². The first-order valence-corrected chi connectivity index (χ1v) is 11.7. The van der Waals surface area contributed by atoms with Gasteiger partial charge in [0, 0.05) is 6.42 Å². The summed E-state index contributed by atoms with van der Waals surface area (Å²) in [5.74, 6) is -4.65. The van der Waals surface area contributed by atoms with Crippen LogP contribution in [0.5, 0.6) is 0 Å². The summed E-state index contributed by atoms with van der Waals surface area (Å²) < 4.78 is 64.4. The molecule has 0 amide bonds. The van der Waals surface area contributed by atoms with Crippen LogP contribution in [0.25, 0.3) is 0 Å². The first-order valence-electron chi connectivity index (χ1n) is 9.77. The zero-order chi connectivity index (χ0) is 21.7. The van der Waals surface area contributed by atoms with Crippen LogP contribution in [0.15, 0.2) is 91.0 Å². The summed E-state index contributed by atoms with van der Waals surface area (Å²) in [5.41, 5.74) is 0. The normalized spacial score (nSPS) is 12.3. The van der Waals surface area contributed by atoms with E-state index in [0.29, 0.717) is 6.16 Å². The summed E-state index contributed by atoms with van der Waals surface area (Å²) in [4.78, 5) is 0. The Balaban J connectivity index is 0.00000341. The molecule has 0 heterocycles. The van der Waals surface area contributed by atoms with E-state index in [-0.39, 0.29) is 36.8 Å². The van der Waals surface area contributed by atoms with Crippen LogP contribution in [-0.4, -0.2) is 18.3 Å². The van der Waals surface area contributed by atoms with Gasteiger partial charge in [-0.3, -0.25) is 0 Å². The number of unbranched alkanes of at least 4 members (excludes halogenated alkanes) is 1. The van der Waals surface area contributed by atoms with Crippen LogP contribution in [0.4, 0.5) is 22.0 Å². The Morgan fingerprint density at radius 1 is 0.548 bits per heavy atom. The van der Waals surface area contributed by atoms with Gasteiger partial charge < -0.3 is 24.0 Å². The first kappa shape index (κ1) is 25.7. The van der Waals surface area contributed by atoms with E-state index in [4.69, 9.17) is 0 Å². The Labute approximate surface area is 197 Å².